The highest BCUT2D eigenvalue weighted by Crippen LogP contribution is 2.45. The molecule has 0 aromatic heterocycles. The van der Waals surface area contributed by atoms with E-state index in [2.05, 4.69) is 4.90 Å². The minimum atomic E-state index is -1.63. The number of benzene rings is 3. The van der Waals surface area contributed by atoms with Gasteiger partial charge in [-0.2, -0.15) is 5.26 Å². The molecule has 0 spiro atoms. The third-order valence-corrected chi connectivity index (χ3v) is 7.07. The molecule has 1 aliphatic rings. The number of nitriles is 1. The molecule has 3 aromatic carbocycles. The number of esters is 1. The van der Waals surface area contributed by atoms with E-state index in [4.69, 9.17) is 16.3 Å². The number of halogens is 3. The van der Waals surface area contributed by atoms with Crippen LogP contribution < -0.4 is 0 Å². The van der Waals surface area contributed by atoms with Gasteiger partial charge in [0.15, 0.2) is 0 Å². The fourth-order valence-electron chi connectivity index (χ4n) is 5.37. The molecule has 0 radical (unpaired) electrons. The number of alkyl halides is 1. The zero-order chi connectivity index (χ0) is 26.7. The number of carbonyl (C=O) groups excluding carboxylic acids is 1. The van der Waals surface area contributed by atoms with Crippen LogP contribution >= 0.6 is 11.6 Å². The van der Waals surface area contributed by atoms with E-state index < -0.39 is 17.4 Å². The first-order chi connectivity index (χ1) is 17.6. The van der Waals surface area contributed by atoms with E-state index in [1.807, 2.05) is 48.5 Å². The Morgan fingerprint density at radius 2 is 1.81 bits per heavy atom. The summed E-state index contributed by atoms with van der Waals surface area (Å²) >= 11 is 6.14. The molecule has 0 amide bonds. The number of nitrogens with zero attached hydrogens (tertiary/aromatic N) is 2. The maximum absolute atomic E-state index is 15.5. The van der Waals surface area contributed by atoms with Crippen LogP contribution in [0.1, 0.15) is 65.3 Å². The van der Waals surface area contributed by atoms with E-state index >= 15 is 4.39 Å². The van der Waals surface area contributed by atoms with Crippen molar-refractivity contribution < 1.29 is 18.3 Å². The number of likely N-dealkylation sites (tertiary alicyclic amines) is 1. The highest BCUT2D eigenvalue weighted by molar-refractivity contribution is 6.30. The van der Waals surface area contributed by atoms with Crippen LogP contribution in [0.15, 0.2) is 66.7 Å². The van der Waals surface area contributed by atoms with Gasteiger partial charge in [-0.1, -0.05) is 35.9 Å². The molecule has 192 valence electrons. The maximum Gasteiger partial charge on any atom is 0.338 e. The quantitative estimate of drug-likeness (QED) is 0.297. The van der Waals surface area contributed by atoms with Gasteiger partial charge < -0.3 is 4.74 Å². The van der Waals surface area contributed by atoms with Gasteiger partial charge in [-0.05, 0) is 85.8 Å². The molecule has 0 N–H and O–H groups in total. The molecule has 0 aliphatic carbocycles. The van der Waals surface area contributed by atoms with E-state index in [0.717, 1.165) is 17.2 Å². The Balaban J connectivity index is 1.67. The molecule has 37 heavy (non-hydrogen) atoms. The van der Waals surface area contributed by atoms with Crippen molar-refractivity contribution in [3.63, 3.8) is 0 Å². The van der Waals surface area contributed by atoms with Gasteiger partial charge in [0, 0.05) is 24.0 Å². The molecule has 2 atom stereocenters. The second-order valence-corrected chi connectivity index (χ2v) is 10.4. The van der Waals surface area contributed by atoms with Gasteiger partial charge in [0.2, 0.25) is 0 Å². The minimum Gasteiger partial charge on any atom is -0.462 e. The van der Waals surface area contributed by atoms with Crippen molar-refractivity contribution >= 4 is 17.6 Å². The number of carbonyl (C=O) groups is 1. The van der Waals surface area contributed by atoms with Crippen molar-refractivity contribution in [3.8, 4) is 6.07 Å². The largest absolute Gasteiger partial charge is 0.462 e. The monoisotopic (exact) mass is 522 g/mol. The van der Waals surface area contributed by atoms with Gasteiger partial charge >= 0.3 is 5.97 Å². The normalized spacial score (nSPS) is 15.9. The summed E-state index contributed by atoms with van der Waals surface area (Å²) in [5, 5.41) is 9.92. The number of rotatable bonds is 8. The Hall–Kier alpha value is -3.27. The maximum atomic E-state index is 15.5. The van der Waals surface area contributed by atoms with Gasteiger partial charge in [0.1, 0.15) is 11.5 Å². The second-order valence-electron chi connectivity index (χ2n) is 9.94. The van der Waals surface area contributed by atoms with Crippen LogP contribution in [0.2, 0.25) is 5.02 Å². The number of hydrogen-bond acceptors (Lipinski definition) is 4. The van der Waals surface area contributed by atoms with Gasteiger partial charge in [0.25, 0.3) is 0 Å². The highest BCUT2D eigenvalue weighted by atomic mass is 35.5. The molecule has 1 saturated heterocycles. The fourth-order valence-corrected chi connectivity index (χ4v) is 5.49. The molecule has 1 heterocycles. The Morgan fingerprint density at radius 3 is 2.43 bits per heavy atom. The second kappa shape index (κ2) is 11.0. The van der Waals surface area contributed by atoms with E-state index in [1.54, 1.807) is 19.1 Å². The lowest BCUT2D eigenvalue weighted by Crippen LogP contribution is -2.53. The molecule has 3 aromatic rings. The summed E-state index contributed by atoms with van der Waals surface area (Å²) in [6.45, 7) is 6.14. The van der Waals surface area contributed by atoms with Crippen LogP contribution in [0.3, 0.4) is 0 Å². The predicted octanol–water partition coefficient (Wildman–Crippen LogP) is 7.08. The smallest absolute Gasteiger partial charge is 0.338 e. The SMILES string of the molecule is CCOC(=O)c1cccc(C(c2ccc(Cl)cc2)N2CC([C@@H](c3cc(F)cc(C#N)c3)C(C)(C)F)C2)c1. The first-order valence-electron chi connectivity index (χ1n) is 12.3. The van der Waals surface area contributed by atoms with Gasteiger partial charge in [-0.3, -0.25) is 4.90 Å². The van der Waals surface area contributed by atoms with Crippen LogP contribution in [-0.4, -0.2) is 36.2 Å². The summed E-state index contributed by atoms with van der Waals surface area (Å²) in [6, 6.07) is 20.7. The summed E-state index contributed by atoms with van der Waals surface area (Å²) in [5.74, 6) is -1.63. The number of hydrogen-bond donors (Lipinski definition) is 0. The molecule has 0 saturated carbocycles. The van der Waals surface area contributed by atoms with Crippen molar-refractivity contribution in [3.05, 3.63) is 105 Å². The molecule has 7 heteroatoms. The first kappa shape index (κ1) is 26.8. The summed E-state index contributed by atoms with van der Waals surface area (Å²) in [7, 11) is 0. The summed E-state index contributed by atoms with van der Waals surface area (Å²) < 4.78 is 35.0. The molecule has 0 bridgehead atoms. The van der Waals surface area contributed by atoms with Gasteiger partial charge in [-0.25, -0.2) is 13.6 Å². The Labute approximate surface area is 221 Å². The summed E-state index contributed by atoms with van der Waals surface area (Å²) in [4.78, 5) is 14.6. The van der Waals surface area contributed by atoms with E-state index in [0.29, 0.717) is 29.2 Å². The fraction of sp³-hybridized carbons (Fsp3) is 0.333. The van der Waals surface area contributed by atoms with Crippen molar-refractivity contribution in [2.45, 2.75) is 38.4 Å². The van der Waals surface area contributed by atoms with E-state index in [9.17, 15) is 14.4 Å². The Bertz CT molecular complexity index is 1310. The average molecular weight is 523 g/mol. The molecule has 1 aliphatic heterocycles. The molecule has 4 rings (SSSR count). The van der Waals surface area contributed by atoms with Crippen molar-refractivity contribution in [1.29, 1.82) is 5.26 Å². The highest BCUT2D eigenvalue weighted by Gasteiger charge is 2.45. The molecular formula is C30H29ClF2N2O2. The zero-order valence-electron chi connectivity index (χ0n) is 21.0. The molecule has 4 nitrogen and oxygen atoms in total. The van der Waals surface area contributed by atoms with Gasteiger partial charge in [-0.15, -0.1) is 0 Å². The Kier molecular flexibility index (Phi) is 7.96. The van der Waals surface area contributed by atoms with Crippen molar-refractivity contribution in [1.82, 2.24) is 4.90 Å². The van der Waals surface area contributed by atoms with E-state index in [1.165, 1.54) is 19.9 Å². The lowest BCUT2D eigenvalue weighted by molar-refractivity contribution is 0.00806. The Morgan fingerprint density at radius 1 is 1.11 bits per heavy atom. The topological polar surface area (TPSA) is 53.3 Å². The van der Waals surface area contributed by atoms with Crippen LogP contribution in [0, 0.1) is 23.1 Å². The van der Waals surface area contributed by atoms with Crippen LogP contribution in [0.4, 0.5) is 8.78 Å². The number of ether oxygens (including phenoxy) is 1. The van der Waals surface area contributed by atoms with Gasteiger partial charge in [0.05, 0.1) is 29.8 Å². The third-order valence-electron chi connectivity index (χ3n) is 6.82. The van der Waals surface area contributed by atoms with Crippen LogP contribution in [-0.2, 0) is 4.74 Å². The zero-order valence-corrected chi connectivity index (χ0v) is 21.8. The summed E-state index contributed by atoms with van der Waals surface area (Å²) in [5.41, 5.74) is 1.38. The van der Waals surface area contributed by atoms with Crippen LogP contribution in [0.25, 0.3) is 0 Å². The third kappa shape index (κ3) is 6.01. The lowest BCUT2D eigenvalue weighted by atomic mass is 9.72. The standard InChI is InChI=1S/C30H29ClF2N2O2/c1-4-37-29(36)22-7-5-6-21(14-22)28(20-8-10-25(31)11-9-20)35-17-24(18-35)27(30(2,3)33)23-12-19(16-34)13-26(32)15-23/h5-15,24,27-28H,4,17-18H2,1-3H3/t27-,28?/m1/s1. The molecule has 1 unspecified atom stereocenters. The predicted molar refractivity (Wildman–Crippen MR) is 140 cm³/mol. The minimum absolute atomic E-state index is 0.101. The lowest BCUT2D eigenvalue weighted by Gasteiger charge is -2.50. The van der Waals surface area contributed by atoms with Crippen molar-refractivity contribution in [2.75, 3.05) is 19.7 Å². The molecule has 1 fully saturated rings. The average Bonchev–Trinajstić information content (AvgIpc) is 2.82. The van der Waals surface area contributed by atoms with Crippen molar-refractivity contribution in [2.24, 2.45) is 5.92 Å². The first-order valence-corrected chi connectivity index (χ1v) is 12.6. The van der Waals surface area contributed by atoms with Crippen LogP contribution in [0.5, 0.6) is 0 Å². The van der Waals surface area contributed by atoms with E-state index in [-0.39, 0.29) is 30.1 Å². The summed E-state index contributed by atoms with van der Waals surface area (Å²) in [6.07, 6.45) is 0. The molecular weight excluding hydrogens is 494 g/mol.